The topological polar surface area (TPSA) is 99.2 Å². The lowest BCUT2D eigenvalue weighted by atomic mass is 9.74. The molecule has 3 saturated heterocycles. The number of hydrogen-bond donors (Lipinski definition) is 2. The van der Waals surface area contributed by atoms with Gasteiger partial charge in [-0.1, -0.05) is 13.8 Å². The SMILES string of the molecule is CC(C)CNC(=O)N1CCCC(C(=O)N2C[C@H]3COCC[C@@]3(C(=O)O)C2)C1. The van der Waals surface area contributed by atoms with Crippen molar-refractivity contribution in [2.75, 3.05) is 45.9 Å². The van der Waals surface area contributed by atoms with Crippen LogP contribution in [0.3, 0.4) is 0 Å². The summed E-state index contributed by atoms with van der Waals surface area (Å²) in [6, 6.07) is -0.119. The van der Waals surface area contributed by atoms with Crippen LogP contribution in [0, 0.1) is 23.2 Å². The summed E-state index contributed by atoms with van der Waals surface area (Å²) < 4.78 is 5.46. The van der Waals surface area contributed by atoms with E-state index in [1.807, 2.05) is 13.8 Å². The number of piperidine rings is 1. The second kappa shape index (κ2) is 8.04. The molecule has 1 unspecified atom stereocenters. The summed E-state index contributed by atoms with van der Waals surface area (Å²) in [4.78, 5) is 40.7. The number of amides is 3. The molecule has 0 spiro atoms. The van der Waals surface area contributed by atoms with Crippen molar-refractivity contribution < 1.29 is 24.2 Å². The van der Waals surface area contributed by atoms with Gasteiger partial charge in [0.25, 0.3) is 0 Å². The number of ether oxygens (including phenoxy) is 1. The highest BCUT2D eigenvalue weighted by molar-refractivity contribution is 5.83. The normalized spacial score (nSPS) is 30.9. The Morgan fingerprint density at radius 1 is 1.26 bits per heavy atom. The molecule has 8 nitrogen and oxygen atoms in total. The van der Waals surface area contributed by atoms with Crippen molar-refractivity contribution in [3.05, 3.63) is 0 Å². The lowest BCUT2D eigenvalue weighted by Gasteiger charge is -2.35. The van der Waals surface area contributed by atoms with Crippen molar-refractivity contribution in [3.8, 4) is 0 Å². The predicted octanol–water partition coefficient (Wildman–Crippen LogP) is 1.01. The van der Waals surface area contributed by atoms with E-state index >= 15 is 0 Å². The summed E-state index contributed by atoms with van der Waals surface area (Å²) in [6.45, 7) is 7.26. The number of aliphatic carboxylic acids is 1. The molecule has 8 heteroatoms. The Kier molecular flexibility index (Phi) is 5.93. The number of carboxylic acid groups (broad SMARTS) is 1. The summed E-state index contributed by atoms with van der Waals surface area (Å²) in [5.41, 5.74) is -0.878. The molecule has 0 aromatic carbocycles. The average Bonchev–Trinajstić information content (AvgIpc) is 3.06. The summed E-state index contributed by atoms with van der Waals surface area (Å²) in [5, 5.41) is 12.7. The van der Waals surface area contributed by atoms with Crippen LogP contribution in [0.5, 0.6) is 0 Å². The van der Waals surface area contributed by atoms with Gasteiger partial charge in [0.1, 0.15) is 0 Å². The third-order valence-electron chi connectivity index (χ3n) is 6.16. The molecular formula is C19H31N3O5. The molecule has 152 valence electrons. The number of nitrogens with one attached hydrogen (secondary N) is 1. The van der Waals surface area contributed by atoms with Crippen molar-refractivity contribution >= 4 is 17.9 Å². The van der Waals surface area contributed by atoms with Gasteiger partial charge < -0.3 is 25.0 Å². The van der Waals surface area contributed by atoms with Gasteiger partial charge in [0.05, 0.1) is 17.9 Å². The molecule has 0 aromatic heterocycles. The van der Waals surface area contributed by atoms with Crippen LogP contribution in [0.25, 0.3) is 0 Å². The number of nitrogens with zero attached hydrogens (tertiary/aromatic N) is 2. The minimum absolute atomic E-state index is 0.0219. The monoisotopic (exact) mass is 381 g/mol. The van der Waals surface area contributed by atoms with Gasteiger partial charge in [-0.05, 0) is 25.2 Å². The molecule has 3 atom stereocenters. The first-order chi connectivity index (χ1) is 12.8. The zero-order valence-corrected chi connectivity index (χ0v) is 16.3. The Bertz CT molecular complexity index is 596. The molecule has 3 amide bonds. The molecule has 2 N–H and O–H groups in total. The lowest BCUT2D eigenvalue weighted by molar-refractivity contribution is -0.157. The zero-order valence-electron chi connectivity index (χ0n) is 16.3. The molecule has 3 fully saturated rings. The minimum Gasteiger partial charge on any atom is -0.481 e. The first-order valence-electron chi connectivity index (χ1n) is 9.96. The number of carbonyl (C=O) groups excluding carboxylic acids is 2. The molecule has 0 radical (unpaired) electrons. The highest BCUT2D eigenvalue weighted by Crippen LogP contribution is 2.43. The first-order valence-corrected chi connectivity index (χ1v) is 9.96. The number of hydrogen-bond acceptors (Lipinski definition) is 4. The minimum atomic E-state index is -0.878. The maximum absolute atomic E-state index is 13.1. The van der Waals surface area contributed by atoms with Gasteiger partial charge in [-0.25, -0.2) is 4.79 Å². The number of carboxylic acids is 1. The number of carbonyl (C=O) groups is 3. The van der Waals surface area contributed by atoms with Gasteiger partial charge >= 0.3 is 12.0 Å². The second-order valence-electron chi connectivity index (χ2n) is 8.57. The molecule has 0 aromatic rings. The van der Waals surface area contributed by atoms with Gasteiger partial charge in [0.15, 0.2) is 0 Å². The zero-order chi connectivity index (χ0) is 19.6. The highest BCUT2D eigenvalue weighted by atomic mass is 16.5. The van der Waals surface area contributed by atoms with Crippen LogP contribution in [0.1, 0.15) is 33.1 Å². The van der Waals surface area contributed by atoms with E-state index in [1.165, 1.54) is 0 Å². The third kappa shape index (κ3) is 4.05. The Morgan fingerprint density at radius 3 is 2.70 bits per heavy atom. The van der Waals surface area contributed by atoms with Gasteiger partial charge in [-0.15, -0.1) is 0 Å². The molecular weight excluding hydrogens is 350 g/mol. The van der Waals surface area contributed by atoms with Crippen molar-refractivity contribution in [1.29, 1.82) is 0 Å². The number of rotatable bonds is 4. The van der Waals surface area contributed by atoms with Gasteiger partial charge in [-0.3, -0.25) is 9.59 Å². The molecule has 0 aliphatic carbocycles. The quantitative estimate of drug-likeness (QED) is 0.757. The number of likely N-dealkylation sites (tertiary alicyclic amines) is 2. The smallest absolute Gasteiger partial charge is 0.317 e. The number of urea groups is 1. The lowest BCUT2D eigenvalue weighted by Crippen LogP contribution is -2.50. The maximum Gasteiger partial charge on any atom is 0.317 e. The molecule has 3 aliphatic rings. The molecule has 0 saturated carbocycles. The maximum atomic E-state index is 13.1. The fourth-order valence-corrected chi connectivity index (χ4v) is 4.49. The van der Waals surface area contributed by atoms with E-state index < -0.39 is 11.4 Å². The van der Waals surface area contributed by atoms with Gasteiger partial charge in [0, 0.05) is 45.2 Å². The highest BCUT2D eigenvalue weighted by Gasteiger charge is 2.55. The first kappa shape index (κ1) is 19.9. The fourth-order valence-electron chi connectivity index (χ4n) is 4.49. The van der Waals surface area contributed by atoms with E-state index in [-0.39, 0.29) is 30.3 Å². The van der Waals surface area contributed by atoms with E-state index in [2.05, 4.69) is 5.32 Å². The Balaban J connectivity index is 1.62. The van der Waals surface area contributed by atoms with Crippen LogP contribution in [-0.2, 0) is 14.3 Å². The van der Waals surface area contributed by atoms with Crippen molar-refractivity contribution in [1.82, 2.24) is 15.1 Å². The third-order valence-corrected chi connectivity index (χ3v) is 6.16. The van der Waals surface area contributed by atoms with E-state index in [4.69, 9.17) is 4.74 Å². The molecule has 3 aliphatic heterocycles. The Hall–Kier alpha value is -1.83. The summed E-state index contributed by atoms with van der Waals surface area (Å²) >= 11 is 0. The van der Waals surface area contributed by atoms with Crippen molar-refractivity contribution in [3.63, 3.8) is 0 Å². The molecule has 3 rings (SSSR count). The van der Waals surface area contributed by atoms with Gasteiger partial charge in [-0.2, -0.15) is 0 Å². The average molecular weight is 381 g/mol. The largest absolute Gasteiger partial charge is 0.481 e. The molecule has 3 heterocycles. The van der Waals surface area contributed by atoms with E-state index in [1.54, 1.807) is 9.80 Å². The molecule has 0 bridgehead atoms. The second-order valence-corrected chi connectivity index (χ2v) is 8.57. The van der Waals surface area contributed by atoms with Crippen molar-refractivity contribution in [2.45, 2.75) is 33.1 Å². The fraction of sp³-hybridized carbons (Fsp3) is 0.842. The van der Waals surface area contributed by atoms with Crippen LogP contribution < -0.4 is 5.32 Å². The molecule has 27 heavy (non-hydrogen) atoms. The van der Waals surface area contributed by atoms with Crippen LogP contribution in [-0.4, -0.2) is 78.8 Å². The van der Waals surface area contributed by atoms with Crippen LogP contribution in [0.15, 0.2) is 0 Å². The van der Waals surface area contributed by atoms with Crippen LogP contribution in [0.2, 0.25) is 0 Å². The van der Waals surface area contributed by atoms with E-state index in [9.17, 15) is 19.5 Å². The standard InChI is InChI=1S/C19H31N3O5/c1-13(2)8-20-18(26)21-6-3-4-14(9-21)16(23)22-10-15-11-27-7-5-19(15,12-22)17(24)25/h13-15H,3-12H2,1-2H3,(H,20,26)(H,24,25)/t14?,15-,19+/m0/s1. The summed E-state index contributed by atoms with van der Waals surface area (Å²) in [5.74, 6) is -0.883. The van der Waals surface area contributed by atoms with Crippen LogP contribution in [0.4, 0.5) is 4.79 Å². The number of fused-ring (bicyclic) bond motifs is 1. The predicted molar refractivity (Wildman–Crippen MR) is 98.1 cm³/mol. The van der Waals surface area contributed by atoms with Gasteiger partial charge in [0.2, 0.25) is 5.91 Å². The van der Waals surface area contributed by atoms with Crippen LogP contribution >= 0.6 is 0 Å². The Morgan fingerprint density at radius 2 is 2.04 bits per heavy atom. The van der Waals surface area contributed by atoms with Crippen molar-refractivity contribution in [2.24, 2.45) is 23.2 Å². The summed E-state index contributed by atoms with van der Waals surface area (Å²) in [6.07, 6.45) is 1.98. The summed E-state index contributed by atoms with van der Waals surface area (Å²) in [7, 11) is 0. The van der Waals surface area contributed by atoms with E-state index in [0.29, 0.717) is 51.7 Å². The Labute approximate surface area is 160 Å². The van der Waals surface area contributed by atoms with E-state index in [0.717, 1.165) is 12.8 Å².